The minimum Gasteiger partial charge on any atom is -0.368 e. The first-order chi connectivity index (χ1) is 13.8. The van der Waals surface area contributed by atoms with Gasteiger partial charge < -0.3 is 10.1 Å². The van der Waals surface area contributed by atoms with Gasteiger partial charge in [0, 0.05) is 24.7 Å². The maximum atomic E-state index is 12.8. The third-order valence-corrected chi connectivity index (χ3v) is 5.24. The van der Waals surface area contributed by atoms with Gasteiger partial charge in [0.1, 0.15) is 12.6 Å². The number of hydrogen-bond donors (Lipinski definition) is 1. The summed E-state index contributed by atoms with van der Waals surface area (Å²) in [5.41, 5.74) is 1.98. The van der Waals surface area contributed by atoms with Crippen molar-refractivity contribution < 1.29 is 19.1 Å². The second kappa shape index (κ2) is 9.18. The van der Waals surface area contributed by atoms with E-state index in [2.05, 4.69) is 5.32 Å². The van der Waals surface area contributed by atoms with Crippen LogP contribution in [0.25, 0.3) is 11.1 Å². The Kier molecular flexibility index (Phi) is 6.64. The fourth-order valence-electron chi connectivity index (χ4n) is 3.65. The minimum absolute atomic E-state index is 0.0194. The number of nitrogens with one attached hydrogen (secondary N) is 1. The first-order valence-electron chi connectivity index (χ1n) is 10.1. The number of amides is 1. The maximum Gasteiger partial charge on any atom is 0.231 e. The van der Waals surface area contributed by atoms with Crippen LogP contribution in [0.4, 0.5) is 0 Å². The number of aromatic nitrogens is 1. The van der Waals surface area contributed by atoms with Crippen LogP contribution in [0.3, 0.4) is 0 Å². The van der Waals surface area contributed by atoms with Crippen LogP contribution in [-0.4, -0.2) is 40.9 Å². The van der Waals surface area contributed by atoms with E-state index in [4.69, 9.17) is 4.74 Å². The third kappa shape index (κ3) is 5.21. The molecule has 1 aromatic heterocycles. The second-order valence-electron chi connectivity index (χ2n) is 8.07. The molecule has 2 unspecified atom stereocenters. The maximum absolute atomic E-state index is 12.8. The number of benzene rings is 1. The Morgan fingerprint density at radius 3 is 2.52 bits per heavy atom. The lowest BCUT2D eigenvalue weighted by Crippen LogP contribution is -2.46. The fraction of sp³-hybridized carbons (Fsp3) is 0.435. The Bertz CT molecular complexity index is 872. The monoisotopic (exact) mass is 396 g/mol. The third-order valence-electron chi connectivity index (χ3n) is 5.24. The van der Waals surface area contributed by atoms with Crippen molar-refractivity contribution in [1.82, 2.24) is 9.88 Å². The van der Waals surface area contributed by atoms with E-state index in [1.54, 1.807) is 19.3 Å². The molecule has 29 heavy (non-hydrogen) atoms. The molecule has 2 heterocycles. The molecule has 0 bridgehead atoms. The topological polar surface area (TPSA) is 77.4 Å². The lowest BCUT2D eigenvalue weighted by molar-refractivity contribution is -0.129. The highest BCUT2D eigenvalue weighted by molar-refractivity contribution is 5.93. The average Bonchev–Trinajstić information content (AvgIpc) is 3.30. The van der Waals surface area contributed by atoms with Crippen molar-refractivity contribution in [1.29, 1.82) is 0 Å². The molecule has 1 N–H and O–H groups in total. The Labute approximate surface area is 171 Å². The van der Waals surface area contributed by atoms with Crippen LogP contribution in [-0.2, 0) is 14.3 Å². The highest BCUT2D eigenvalue weighted by atomic mass is 16.5. The number of ether oxygens (including phenoxy) is 1. The van der Waals surface area contributed by atoms with E-state index in [0.717, 1.165) is 11.1 Å². The molecular weight excluding hydrogens is 368 g/mol. The van der Waals surface area contributed by atoms with Crippen molar-refractivity contribution in [3.8, 4) is 11.1 Å². The predicted molar refractivity (Wildman–Crippen MR) is 110 cm³/mol. The van der Waals surface area contributed by atoms with Crippen molar-refractivity contribution in [3.63, 3.8) is 0 Å². The molecule has 6 heteroatoms. The largest absolute Gasteiger partial charge is 0.368 e. The van der Waals surface area contributed by atoms with Gasteiger partial charge in [0.25, 0.3) is 0 Å². The summed E-state index contributed by atoms with van der Waals surface area (Å²) < 4.78 is 6.84. The number of ketones is 1. The van der Waals surface area contributed by atoms with E-state index in [1.165, 1.54) is 4.57 Å². The number of hydrogen-bond acceptors (Lipinski definition) is 4. The normalized spacial score (nSPS) is 20.1. The van der Waals surface area contributed by atoms with Crippen molar-refractivity contribution >= 4 is 17.6 Å². The smallest absolute Gasteiger partial charge is 0.231 e. The minimum atomic E-state index is -0.636. The van der Waals surface area contributed by atoms with E-state index < -0.39 is 12.0 Å². The van der Waals surface area contributed by atoms with Crippen LogP contribution in [0.2, 0.25) is 0 Å². The number of nitrogens with zero attached hydrogens (tertiary/aromatic N) is 1. The van der Waals surface area contributed by atoms with Crippen LogP contribution in [0.5, 0.6) is 0 Å². The zero-order valence-electron chi connectivity index (χ0n) is 17.1. The standard InChI is InChI=1S/C23H28N2O4/c1-15(2)11-19(23(28)24-22-16(3)29-14-20(22)26)12-21(27)25-10-9-18(13-25)17-7-5-4-6-8-17/h4-10,13,15-16,19,22H,11-12,14H2,1-3H3,(H,24,28)/t16?,19-,22?/m1/s1. The van der Waals surface area contributed by atoms with Crippen molar-refractivity contribution in [2.24, 2.45) is 11.8 Å². The molecule has 6 nitrogen and oxygen atoms in total. The summed E-state index contributed by atoms with van der Waals surface area (Å²) in [5, 5.41) is 2.80. The molecule has 1 saturated heterocycles. The quantitative estimate of drug-likeness (QED) is 0.779. The van der Waals surface area contributed by atoms with Gasteiger partial charge in [-0.05, 0) is 36.5 Å². The number of carbonyl (C=O) groups is 3. The molecule has 1 aliphatic rings. The molecule has 0 aliphatic carbocycles. The molecule has 1 fully saturated rings. The second-order valence-corrected chi connectivity index (χ2v) is 8.07. The van der Waals surface area contributed by atoms with Gasteiger partial charge in [-0.25, -0.2) is 0 Å². The summed E-state index contributed by atoms with van der Waals surface area (Å²) >= 11 is 0. The lowest BCUT2D eigenvalue weighted by atomic mass is 9.92. The van der Waals surface area contributed by atoms with Gasteiger partial charge >= 0.3 is 0 Å². The molecule has 2 aromatic rings. The number of carbonyl (C=O) groups excluding carboxylic acids is 3. The van der Waals surface area contributed by atoms with Gasteiger partial charge in [0.2, 0.25) is 11.8 Å². The van der Waals surface area contributed by atoms with E-state index in [1.807, 2.05) is 50.2 Å². The summed E-state index contributed by atoms with van der Waals surface area (Å²) in [5.74, 6) is -0.784. The summed E-state index contributed by atoms with van der Waals surface area (Å²) in [6.07, 6.45) is 3.83. The summed E-state index contributed by atoms with van der Waals surface area (Å²) in [6.45, 7) is 5.82. The van der Waals surface area contributed by atoms with Crippen molar-refractivity contribution in [2.45, 2.75) is 45.8 Å². The van der Waals surface area contributed by atoms with Gasteiger partial charge in [-0.2, -0.15) is 0 Å². The molecule has 1 amide bonds. The van der Waals surface area contributed by atoms with E-state index >= 15 is 0 Å². The summed E-state index contributed by atoms with van der Waals surface area (Å²) in [4.78, 5) is 37.6. The van der Waals surface area contributed by atoms with E-state index in [9.17, 15) is 14.4 Å². The Hall–Kier alpha value is -2.73. The number of Topliss-reactive ketones (excluding diaryl/α,β-unsaturated/α-hetero) is 1. The zero-order valence-corrected chi connectivity index (χ0v) is 17.1. The van der Waals surface area contributed by atoms with Crippen LogP contribution in [0.1, 0.15) is 38.4 Å². The molecule has 154 valence electrons. The molecule has 0 saturated carbocycles. The SMILES string of the molecule is CC(C)C[C@H](CC(=O)n1ccc(-c2ccccc2)c1)C(=O)NC1C(=O)COC1C. The van der Waals surface area contributed by atoms with Crippen LogP contribution in [0.15, 0.2) is 48.8 Å². The average molecular weight is 396 g/mol. The first kappa shape index (κ1) is 21.0. The van der Waals surface area contributed by atoms with Crippen molar-refractivity contribution in [2.75, 3.05) is 6.61 Å². The zero-order chi connectivity index (χ0) is 21.0. The molecule has 0 spiro atoms. The summed E-state index contributed by atoms with van der Waals surface area (Å²) in [7, 11) is 0. The molecule has 1 aromatic carbocycles. The van der Waals surface area contributed by atoms with Crippen molar-refractivity contribution in [3.05, 3.63) is 48.8 Å². The highest BCUT2D eigenvalue weighted by Crippen LogP contribution is 2.22. The molecule has 3 rings (SSSR count). The summed E-state index contributed by atoms with van der Waals surface area (Å²) in [6, 6.07) is 11.1. The Morgan fingerprint density at radius 2 is 1.90 bits per heavy atom. The van der Waals surface area contributed by atoms with Crippen LogP contribution in [0, 0.1) is 11.8 Å². The van der Waals surface area contributed by atoms with Gasteiger partial charge in [-0.15, -0.1) is 0 Å². The molecule has 1 aliphatic heterocycles. The highest BCUT2D eigenvalue weighted by Gasteiger charge is 2.35. The number of rotatable bonds is 7. The predicted octanol–water partition coefficient (Wildman–Crippen LogP) is 3.32. The molecule has 3 atom stereocenters. The van der Waals surface area contributed by atoms with Gasteiger partial charge in [0.15, 0.2) is 5.78 Å². The van der Waals surface area contributed by atoms with Gasteiger partial charge in [-0.3, -0.25) is 19.0 Å². The van der Waals surface area contributed by atoms with E-state index in [-0.39, 0.29) is 42.6 Å². The molecular formula is C23H28N2O4. The Balaban J connectivity index is 1.69. The fourth-order valence-corrected chi connectivity index (χ4v) is 3.65. The molecule has 0 radical (unpaired) electrons. The van der Waals surface area contributed by atoms with E-state index in [0.29, 0.717) is 6.42 Å². The van der Waals surface area contributed by atoms with Gasteiger partial charge in [-0.1, -0.05) is 44.2 Å². The van der Waals surface area contributed by atoms with Crippen LogP contribution >= 0.6 is 0 Å². The van der Waals surface area contributed by atoms with Crippen LogP contribution < -0.4 is 5.32 Å². The first-order valence-corrected chi connectivity index (χ1v) is 10.1. The van der Waals surface area contributed by atoms with Gasteiger partial charge in [0.05, 0.1) is 6.10 Å². The lowest BCUT2D eigenvalue weighted by Gasteiger charge is -2.21. The Morgan fingerprint density at radius 1 is 1.17 bits per heavy atom.